The minimum atomic E-state index is -0.437. The Hall–Kier alpha value is -3.36. The summed E-state index contributed by atoms with van der Waals surface area (Å²) in [4.78, 5) is 44.6. The monoisotopic (exact) mass is 468 g/mol. The average molecular weight is 469 g/mol. The van der Waals surface area contributed by atoms with Crippen LogP contribution in [-0.4, -0.2) is 38.1 Å². The predicted octanol–water partition coefficient (Wildman–Crippen LogP) is 2.89. The third-order valence-corrected chi connectivity index (χ3v) is 5.60. The summed E-state index contributed by atoms with van der Waals surface area (Å²) in [7, 11) is 0. The number of nitrogens with one attached hydrogen (secondary N) is 3. The van der Waals surface area contributed by atoms with Crippen molar-refractivity contribution >= 4 is 22.8 Å². The second-order valence-electron chi connectivity index (χ2n) is 8.97. The fraction of sp³-hybridized carbons (Fsp3) is 0.520. The van der Waals surface area contributed by atoms with Crippen LogP contribution in [0.1, 0.15) is 52.3 Å². The number of para-hydroxylation sites is 1. The lowest BCUT2D eigenvalue weighted by Gasteiger charge is -2.12. The zero-order valence-electron chi connectivity index (χ0n) is 20.4. The molecule has 1 amide bonds. The molecular formula is C25H36N6O3. The standard InChI is InChI=1S/C25H36N6O3/c1-4-5-16-30-23-22(24(33)29-25(30)34)31(17-18(2)3)20(28-23)12-13-21(32)27-15-9-14-26-19-10-7-6-8-11-19/h6-8,10-11,18,26H,4-5,9,12-17H2,1-3H3,(H,27,32)(H,29,33,34). The van der Waals surface area contributed by atoms with Gasteiger partial charge in [0.1, 0.15) is 5.82 Å². The van der Waals surface area contributed by atoms with E-state index in [1.807, 2.05) is 41.8 Å². The predicted molar refractivity (Wildman–Crippen MR) is 135 cm³/mol. The van der Waals surface area contributed by atoms with Gasteiger partial charge in [-0.1, -0.05) is 45.4 Å². The van der Waals surface area contributed by atoms with E-state index in [0.29, 0.717) is 43.0 Å². The van der Waals surface area contributed by atoms with Gasteiger partial charge in [0.2, 0.25) is 5.91 Å². The van der Waals surface area contributed by atoms with Crippen molar-refractivity contribution in [2.45, 2.75) is 66.0 Å². The van der Waals surface area contributed by atoms with Crippen molar-refractivity contribution < 1.29 is 4.79 Å². The maximum atomic E-state index is 12.7. The Kier molecular flexibility index (Phi) is 9.07. The van der Waals surface area contributed by atoms with Crippen molar-refractivity contribution in [3.05, 3.63) is 57.0 Å². The summed E-state index contributed by atoms with van der Waals surface area (Å²) in [5.74, 6) is 0.878. The molecule has 0 unspecified atom stereocenters. The van der Waals surface area contributed by atoms with Gasteiger partial charge in [-0.15, -0.1) is 0 Å². The first kappa shape index (κ1) is 25.3. The molecule has 184 valence electrons. The largest absolute Gasteiger partial charge is 0.385 e. The van der Waals surface area contributed by atoms with E-state index in [9.17, 15) is 14.4 Å². The fourth-order valence-electron chi connectivity index (χ4n) is 3.91. The highest BCUT2D eigenvalue weighted by Crippen LogP contribution is 2.16. The molecule has 0 aliphatic rings. The molecule has 3 rings (SSSR count). The zero-order chi connectivity index (χ0) is 24.5. The SMILES string of the molecule is CCCCn1c(=O)[nH]c(=O)c2c1nc(CCC(=O)NCCCNc1ccccc1)n2CC(C)C. The van der Waals surface area contributed by atoms with Gasteiger partial charge in [-0.3, -0.25) is 19.1 Å². The van der Waals surface area contributed by atoms with Gasteiger partial charge < -0.3 is 15.2 Å². The topological polar surface area (TPSA) is 114 Å². The van der Waals surface area contributed by atoms with E-state index in [0.717, 1.165) is 31.5 Å². The number of aromatic amines is 1. The van der Waals surface area contributed by atoms with Gasteiger partial charge in [0, 0.05) is 44.7 Å². The molecule has 34 heavy (non-hydrogen) atoms. The van der Waals surface area contributed by atoms with Crippen LogP contribution in [0.15, 0.2) is 39.9 Å². The Balaban J connectivity index is 1.65. The van der Waals surface area contributed by atoms with E-state index in [1.54, 1.807) is 4.57 Å². The van der Waals surface area contributed by atoms with E-state index in [2.05, 4.69) is 34.4 Å². The van der Waals surface area contributed by atoms with Crippen molar-refractivity contribution in [3.63, 3.8) is 0 Å². The van der Waals surface area contributed by atoms with Gasteiger partial charge in [0.05, 0.1) is 0 Å². The van der Waals surface area contributed by atoms with Crippen molar-refractivity contribution in [2.24, 2.45) is 5.92 Å². The summed E-state index contributed by atoms with van der Waals surface area (Å²) in [6, 6.07) is 9.95. The number of hydrogen-bond donors (Lipinski definition) is 3. The number of rotatable bonds is 13. The Labute approximate surface area is 199 Å². The molecule has 3 aromatic rings. The van der Waals surface area contributed by atoms with E-state index in [1.165, 1.54) is 0 Å². The van der Waals surface area contributed by atoms with Gasteiger partial charge >= 0.3 is 5.69 Å². The first-order valence-electron chi connectivity index (χ1n) is 12.2. The van der Waals surface area contributed by atoms with Gasteiger partial charge in [-0.05, 0) is 30.9 Å². The normalized spacial score (nSPS) is 11.3. The quantitative estimate of drug-likeness (QED) is 0.334. The number of carbonyl (C=O) groups is 1. The number of anilines is 1. The van der Waals surface area contributed by atoms with Crippen molar-refractivity contribution in [3.8, 4) is 0 Å². The molecular weight excluding hydrogens is 432 g/mol. The summed E-state index contributed by atoms with van der Waals surface area (Å²) < 4.78 is 3.41. The fourth-order valence-corrected chi connectivity index (χ4v) is 3.91. The molecule has 2 heterocycles. The lowest BCUT2D eigenvalue weighted by molar-refractivity contribution is -0.121. The van der Waals surface area contributed by atoms with E-state index >= 15 is 0 Å². The summed E-state index contributed by atoms with van der Waals surface area (Å²) in [6.07, 6.45) is 3.22. The molecule has 0 radical (unpaired) electrons. The van der Waals surface area contributed by atoms with E-state index in [4.69, 9.17) is 0 Å². The lowest BCUT2D eigenvalue weighted by atomic mass is 10.2. The molecule has 0 saturated carbocycles. The molecule has 0 aliphatic heterocycles. The van der Waals surface area contributed by atoms with Crippen LogP contribution in [0.5, 0.6) is 0 Å². The first-order chi connectivity index (χ1) is 16.4. The minimum Gasteiger partial charge on any atom is -0.385 e. The number of hydrogen-bond acceptors (Lipinski definition) is 5. The summed E-state index contributed by atoms with van der Waals surface area (Å²) in [6.45, 7) is 8.61. The Morgan fingerprint density at radius 2 is 1.85 bits per heavy atom. The van der Waals surface area contributed by atoms with Crippen LogP contribution >= 0.6 is 0 Å². The van der Waals surface area contributed by atoms with Crippen molar-refractivity contribution in [1.29, 1.82) is 0 Å². The molecule has 0 saturated heterocycles. The van der Waals surface area contributed by atoms with Crippen LogP contribution in [0.4, 0.5) is 5.69 Å². The summed E-state index contributed by atoms with van der Waals surface area (Å²) in [5, 5.41) is 6.28. The number of imidazole rings is 1. The molecule has 2 aromatic heterocycles. The van der Waals surface area contributed by atoms with Crippen LogP contribution in [0.25, 0.3) is 11.2 Å². The lowest BCUT2D eigenvalue weighted by Crippen LogP contribution is -2.31. The highest BCUT2D eigenvalue weighted by molar-refractivity contribution is 5.76. The second kappa shape index (κ2) is 12.2. The molecule has 0 atom stereocenters. The number of aromatic nitrogens is 4. The number of unbranched alkanes of at least 4 members (excludes halogenated alkanes) is 1. The number of aryl methyl sites for hydroxylation is 2. The molecule has 0 bridgehead atoms. The van der Waals surface area contributed by atoms with Crippen molar-refractivity contribution in [2.75, 3.05) is 18.4 Å². The van der Waals surface area contributed by atoms with Crippen LogP contribution < -0.4 is 21.9 Å². The Morgan fingerprint density at radius 3 is 2.56 bits per heavy atom. The van der Waals surface area contributed by atoms with E-state index < -0.39 is 11.2 Å². The van der Waals surface area contributed by atoms with Gasteiger partial charge in [0.25, 0.3) is 5.56 Å². The zero-order valence-corrected chi connectivity index (χ0v) is 20.4. The van der Waals surface area contributed by atoms with Crippen LogP contribution in [0.3, 0.4) is 0 Å². The molecule has 0 aliphatic carbocycles. The van der Waals surface area contributed by atoms with Gasteiger partial charge in [0.15, 0.2) is 11.2 Å². The Morgan fingerprint density at radius 1 is 1.09 bits per heavy atom. The van der Waals surface area contributed by atoms with Crippen molar-refractivity contribution in [1.82, 2.24) is 24.4 Å². The average Bonchev–Trinajstić information content (AvgIpc) is 3.16. The molecule has 0 spiro atoms. The number of benzene rings is 1. The third kappa shape index (κ3) is 6.59. The number of H-pyrrole nitrogens is 1. The Bertz CT molecular complexity index is 1190. The highest BCUT2D eigenvalue weighted by atomic mass is 16.2. The molecule has 1 aromatic carbocycles. The molecule has 9 nitrogen and oxygen atoms in total. The molecule has 9 heteroatoms. The van der Waals surface area contributed by atoms with E-state index in [-0.39, 0.29) is 18.2 Å². The number of amides is 1. The van der Waals surface area contributed by atoms with Gasteiger partial charge in [-0.2, -0.15) is 0 Å². The number of carbonyl (C=O) groups excluding carboxylic acids is 1. The smallest absolute Gasteiger partial charge is 0.330 e. The molecule has 3 N–H and O–H groups in total. The maximum absolute atomic E-state index is 12.7. The molecule has 0 fully saturated rings. The van der Waals surface area contributed by atoms with Crippen LogP contribution in [-0.2, 0) is 24.3 Å². The van der Waals surface area contributed by atoms with Gasteiger partial charge in [-0.25, -0.2) is 9.78 Å². The minimum absolute atomic E-state index is 0.0554. The number of nitrogens with zero attached hydrogens (tertiary/aromatic N) is 3. The third-order valence-electron chi connectivity index (χ3n) is 5.60. The first-order valence-corrected chi connectivity index (χ1v) is 12.2. The maximum Gasteiger partial charge on any atom is 0.330 e. The second-order valence-corrected chi connectivity index (χ2v) is 8.97. The van der Waals surface area contributed by atoms with Crippen LogP contribution in [0.2, 0.25) is 0 Å². The van der Waals surface area contributed by atoms with Crippen LogP contribution in [0, 0.1) is 5.92 Å². The summed E-state index contributed by atoms with van der Waals surface area (Å²) in [5.41, 5.74) is 1.01. The number of fused-ring (bicyclic) bond motifs is 1. The summed E-state index contributed by atoms with van der Waals surface area (Å²) >= 11 is 0. The highest BCUT2D eigenvalue weighted by Gasteiger charge is 2.19.